The first-order valence-corrected chi connectivity index (χ1v) is 5.61. The van der Waals surface area contributed by atoms with Gasteiger partial charge in [0.2, 0.25) is 0 Å². The number of rotatable bonds is 4. The van der Waals surface area contributed by atoms with Crippen LogP contribution in [0.3, 0.4) is 0 Å². The van der Waals surface area contributed by atoms with Crippen LogP contribution in [0.1, 0.15) is 20.3 Å². The van der Waals surface area contributed by atoms with Gasteiger partial charge in [-0.15, -0.1) is 0 Å². The Morgan fingerprint density at radius 2 is 2.14 bits per heavy atom. The Kier molecular flexibility index (Phi) is 4.85. The molecular formula is C11H24N2O. The number of ether oxygens (including phenoxy) is 1. The summed E-state index contributed by atoms with van der Waals surface area (Å²) < 4.78 is 5.12. The number of methoxy groups -OCH3 is 1. The minimum absolute atomic E-state index is 0.663. The van der Waals surface area contributed by atoms with Crippen molar-refractivity contribution in [1.29, 1.82) is 0 Å². The van der Waals surface area contributed by atoms with Crippen LogP contribution in [0, 0.1) is 5.92 Å². The zero-order chi connectivity index (χ0) is 10.6. The molecule has 0 spiro atoms. The van der Waals surface area contributed by atoms with Crippen molar-refractivity contribution in [3.8, 4) is 0 Å². The predicted molar refractivity (Wildman–Crippen MR) is 59.5 cm³/mol. The van der Waals surface area contributed by atoms with Gasteiger partial charge < -0.3 is 10.1 Å². The highest BCUT2D eigenvalue weighted by molar-refractivity contribution is 4.87. The van der Waals surface area contributed by atoms with Crippen molar-refractivity contribution >= 4 is 0 Å². The molecule has 1 rings (SSSR count). The van der Waals surface area contributed by atoms with Gasteiger partial charge in [-0.05, 0) is 26.3 Å². The van der Waals surface area contributed by atoms with Crippen LogP contribution in [0.2, 0.25) is 0 Å². The Morgan fingerprint density at radius 3 is 2.71 bits per heavy atom. The Balaban J connectivity index is 2.42. The van der Waals surface area contributed by atoms with E-state index < -0.39 is 0 Å². The third kappa shape index (κ3) is 2.69. The van der Waals surface area contributed by atoms with Crippen molar-refractivity contribution in [1.82, 2.24) is 10.2 Å². The van der Waals surface area contributed by atoms with E-state index in [0.29, 0.717) is 12.1 Å². The molecule has 3 unspecified atom stereocenters. The van der Waals surface area contributed by atoms with Gasteiger partial charge in [0.25, 0.3) is 0 Å². The van der Waals surface area contributed by atoms with Gasteiger partial charge in [-0.2, -0.15) is 0 Å². The standard InChI is InChI=1S/C11H24N2O/c1-9-10(2)13(7-8-14-4)6-5-11(9)12-3/h9-12H,5-8H2,1-4H3. The van der Waals surface area contributed by atoms with Gasteiger partial charge in [0.1, 0.15) is 0 Å². The van der Waals surface area contributed by atoms with E-state index in [1.807, 2.05) is 0 Å². The molecule has 1 heterocycles. The SMILES string of the molecule is CNC1CCN(CCOC)C(C)C1C. The van der Waals surface area contributed by atoms with E-state index in [4.69, 9.17) is 4.74 Å². The summed E-state index contributed by atoms with van der Waals surface area (Å²) in [6.07, 6.45) is 1.26. The fraction of sp³-hybridized carbons (Fsp3) is 1.00. The monoisotopic (exact) mass is 200 g/mol. The van der Waals surface area contributed by atoms with Crippen LogP contribution in [0.5, 0.6) is 0 Å². The van der Waals surface area contributed by atoms with Crippen molar-refractivity contribution in [3.05, 3.63) is 0 Å². The second-order valence-corrected chi connectivity index (χ2v) is 4.31. The van der Waals surface area contributed by atoms with E-state index in [-0.39, 0.29) is 0 Å². The smallest absolute Gasteiger partial charge is 0.0589 e. The van der Waals surface area contributed by atoms with Crippen LogP contribution in [0.25, 0.3) is 0 Å². The third-order valence-corrected chi connectivity index (χ3v) is 3.65. The highest BCUT2D eigenvalue weighted by Crippen LogP contribution is 2.22. The number of piperidine rings is 1. The Bertz CT molecular complexity index is 163. The molecule has 3 atom stereocenters. The van der Waals surface area contributed by atoms with Gasteiger partial charge in [-0.25, -0.2) is 0 Å². The van der Waals surface area contributed by atoms with Crippen LogP contribution in [-0.2, 0) is 4.74 Å². The summed E-state index contributed by atoms with van der Waals surface area (Å²) in [7, 11) is 3.84. The zero-order valence-electron chi connectivity index (χ0n) is 9.92. The average Bonchev–Trinajstić information content (AvgIpc) is 2.20. The average molecular weight is 200 g/mol. The molecule has 0 aromatic heterocycles. The summed E-state index contributed by atoms with van der Waals surface area (Å²) in [5.41, 5.74) is 0. The topological polar surface area (TPSA) is 24.5 Å². The van der Waals surface area contributed by atoms with E-state index in [1.54, 1.807) is 7.11 Å². The Morgan fingerprint density at radius 1 is 1.43 bits per heavy atom. The molecule has 3 nitrogen and oxygen atoms in total. The van der Waals surface area contributed by atoms with Crippen LogP contribution >= 0.6 is 0 Å². The summed E-state index contributed by atoms with van der Waals surface area (Å²) in [5, 5.41) is 3.40. The van der Waals surface area contributed by atoms with Gasteiger partial charge in [-0.1, -0.05) is 6.92 Å². The largest absolute Gasteiger partial charge is 0.383 e. The fourth-order valence-electron chi connectivity index (χ4n) is 2.37. The molecule has 0 aromatic rings. The van der Waals surface area contributed by atoms with Crippen molar-refractivity contribution in [2.24, 2.45) is 5.92 Å². The molecule has 3 heteroatoms. The highest BCUT2D eigenvalue weighted by Gasteiger charge is 2.30. The summed E-state index contributed by atoms with van der Waals surface area (Å²) in [4.78, 5) is 2.53. The second-order valence-electron chi connectivity index (χ2n) is 4.31. The molecule has 1 aliphatic heterocycles. The first kappa shape index (κ1) is 12.0. The van der Waals surface area contributed by atoms with E-state index in [1.165, 1.54) is 13.0 Å². The molecule has 0 bridgehead atoms. The first-order chi connectivity index (χ1) is 6.70. The maximum absolute atomic E-state index is 5.12. The van der Waals surface area contributed by atoms with Crippen molar-refractivity contribution in [3.63, 3.8) is 0 Å². The third-order valence-electron chi connectivity index (χ3n) is 3.65. The van der Waals surface area contributed by atoms with Crippen molar-refractivity contribution in [2.45, 2.75) is 32.4 Å². The second kappa shape index (κ2) is 5.69. The molecule has 14 heavy (non-hydrogen) atoms. The predicted octanol–water partition coefficient (Wildman–Crippen LogP) is 0.951. The van der Waals surface area contributed by atoms with Gasteiger partial charge in [0.15, 0.2) is 0 Å². The summed E-state index contributed by atoms with van der Waals surface area (Å²) in [6.45, 7) is 7.77. The summed E-state index contributed by atoms with van der Waals surface area (Å²) in [5.74, 6) is 0.727. The lowest BCUT2D eigenvalue weighted by atomic mass is 9.87. The van der Waals surface area contributed by atoms with E-state index in [0.717, 1.165) is 19.1 Å². The Labute approximate surface area is 87.8 Å². The molecule has 0 aromatic carbocycles. The van der Waals surface area contributed by atoms with Crippen LogP contribution in [-0.4, -0.2) is 50.8 Å². The maximum Gasteiger partial charge on any atom is 0.0589 e. The van der Waals surface area contributed by atoms with Gasteiger partial charge in [0.05, 0.1) is 6.61 Å². The lowest BCUT2D eigenvalue weighted by Crippen LogP contribution is -2.53. The van der Waals surface area contributed by atoms with Crippen LogP contribution in [0.4, 0.5) is 0 Å². The van der Waals surface area contributed by atoms with Crippen molar-refractivity contribution in [2.75, 3.05) is 33.9 Å². The van der Waals surface area contributed by atoms with Gasteiger partial charge in [-0.3, -0.25) is 4.90 Å². The number of hydrogen-bond acceptors (Lipinski definition) is 3. The molecule has 1 fully saturated rings. The molecular weight excluding hydrogens is 176 g/mol. The highest BCUT2D eigenvalue weighted by atomic mass is 16.5. The molecule has 1 saturated heterocycles. The molecule has 0 aliphatic carbocycles. The molecule has 1 aliphatic rings. The quantitative estimate of drug-likeness (QED) is 0.731. The number of nitrogens with one attached hydrogen (secondary N) is 1. The van der Waals surface area contributed by atoms with Crippen LogP contribution in [0.15, 0.2) is 0 Å². The zero-order valence-corrected chi connectivity index (χ0v) is 9.92. The molecule has 1 N–H and O–H groups in total. The summed E-state index contributed by atoms with van der Waals surface area (Å²) >= 11 is 0. The molecule has 84 valence electrons. The Hall–Kier alpha value is -0.120. The number of likely N-dealkylation sites (tertiary alicyclic amines) is 1. The number of nitrogens with zero attached hydrogens (tertiary/aromatic N) is 1. The fourth-order valence-corrected chi connectivity index (χ4v) is 2.37. The molecule has 0 amide bonds. The maximum atomic E-state index is 5.12. The minimum atomic E-state index is 0.663. The lowest BCUT2D eigenvalue weighted by molar-refractivity contribution is 0.0597. The molecule has 0 saturated carbocycles. The molecule has 0 radical (unpaired) electrons. The first-order valence-electron chi connectivity index (χ1n) is 5.61. The summed E-state index contributed by atoms with van der Waals surface area (Å²) in [6, 6.07) is 1.35. The lowest BCUT2D eigenvalue weighted by Gasteiger charge is -2.42. The van der Waals surface area contributed by atoms with Gasteiger partial charge >= 0.3 is 0 Å². The normalized spacial score (nSPS) is 34.7. The van der Waals surface area contributed by atoms with E-state index in [9.17, 15) is 0 Å². The van der Waals surface area contributed by atoms with E-state index >= 15 is 0 Å². The van der Waals surface area contributed by atoms with Gasteiger partial charge in [0, 0.05) is 32.3 Å². The van der Waals surface area contributed by atoms with Crippen LogP contribution < -0.4 is 5.32 Å². The van der Waals surface area contributed by atoms with E-state index in [2.05, 4.69) is 31.1 Å². The number of hydrogen-bond donors (Lipinski definition) is 1. The minimum Gasteiger partial charge on any atom is -0.383 e. The van der Waals surface area contributed by atoms with Crippen molar-refractivity contribution < 1.29 is 4.74 Å².